The third-order valence-corrected chi connectivity index (χ3v) is 5.16. The summed E-state index contributed by atoms with van der Waals surface area (Å²) in [4.78, 5) is 25.4. The second-order valence-corrected chi connectivity index (χ2v) is 7.08. The van der Waals surface area contributed by atoms with E-state index >= 15 is 0 Å². The third kappa shape index (κ3) is 3.60. The average Bonchev–Trinajstić information content (AvgIpc) is 3.30. The molecule has 7 nitrogen and oxygen atoms in total. The summed E-state index contributed by atoms with van der Waals surface area (Å²) in [5.41, 5.74) is 0.276. The van der Waals surface area contributed by atoms with Crippen molar-refractivity contribution in [2.24, 2.45) is 0 Å². The largest absolute Gasteiger partial charge is 0.467 e. The summed E-state index contributed by atoms with van der Waals surface area (Å²) in [7, 11) is 0. The lowest BCUT2D eigenvalue weighted by Gasteiger charge is -2.20. The molecule has 3 heterocycles. The lowest BCUT2D eigenvalue weighted by molar-refractivity contribution is -0.123. The van der Waals surface area contributed by atoms with Crippen LogP contribution >= 0.6 is 11.6 Å². The summed E-state index contributed by atoms with van der Waals surface area (Å²) in [6, 6.07) is 7.53. The standard InChI is InChI=1S/C19H18ClFN4O3/c20-16-9-13(21)6-5-12(16)11-25-19(27)24-7-1-4-15(17(24)23-25)18(26)22-10-14-3-2-8-28-14/h2-3,5-6,8-9,15H,1,4,7,10-11H2,(H,22,26). The molecule has 4 rings (SSSR count). The van der Waals surface area contributed by atoms with Crippen LogP contribution in [-0.4, -0.2) is 20.3 Å². The molecule has 1 N–H and O–H groups in total. The van der Waals surface area contributed by atoms with Crippen molar-refractivity contribution in [3.8, 4) is 0 Å². The minimum Gasteiger partial charge on any atom is -0.467 e. The van der Waals surface area contributed by atoms with E-state index in [1.54, 1.807) is 18.4 Å². The predicted molar refractivity (Wildman–Crippen MR) is 99.5 cm³/mol. The van der Waals surface area contributed by atoms with Gasteiger partial charge in [-0.15, -0.1) is 0 Å². The van der Waals surface area contributed by atoms with Crippen LogP contribution in [0.25, 0.3) is 0 Å². The molecule has 9 heteroatoms. The van der Waals surface area contributed by atoms with Gasteiger partial charge in [-0.05, 0) is 42.7 Å². The molecule has 1 unspecified atom stereocenters. The predicted octanol–water partition coefficient (Wildman–Crippen LogP) is 2.67. The van der Waals surface area contributed by atoms with Crippen molar-refractivity contribution < 1.29 is 13.6 Å². The number of amides is 1. The molecule has 0 saturated heterocycles. The molecule has 28 heavy (non-hydrogen) atoms. The molecule has 0 radical (unpaired) electrons. The first kappa shape index (κ1) is 18.5. The van der Waals surface area contributed by atoms with Crippen LogP contribution in [0.3, 0.4) is 0 Å². The number of fused-ring (bicyclic) bond motifs is 1. The van der Waals surface area contributed by atoms with E-state index in [0.29, 0.717) is 36.5 Å². The second-order valence-electron chi connectivity index (χ2n) is 6.68. The first-order valence-electron chi connectivity index (χ1n) is 8.94. The molecule has 1 amide bonds. The Morgan fingerprint density at radius 1 is 1.39 bits per heavy atom. The van der Waals surface area contributed by atoms with Crippen molar-refractivity contribution in [1.29, 1.82) is 0 Å². The Balaban J connectivity index is 1.56. The van der Waals surface area contributed by atoms with E-state index in [0.717, 1.165) is 0 Å². The number of nitrogens with zero attached hydrogens (tertiary/aromatic N) is 3. The Morgan fingerprint density at radius 2 is 2.25 bits per heavy atom. The molecule has 0 bridgehead atoms. The van der Waals surface area contributed by atoms with Gasteiger partial charge >= 0.3 is 5.69 Å². The van der Waals surface area contributed by atoms with Crippen LogP contribution in [0.4, 0.5) is 4.39 Å². The number of hydrogen-bond acceptors (Lipinski definition) is 4. The second kappa shape index (κ2) is 7.63. The van der Waals surface area contributed by atoms with Crippen LogP contribution in [0.5, 0.6) is 0 Å². The van der Waals surface area contributed by atoms with Gasteiger partial charge in [0.05, 0.1) is 25.3 Å². The number of furan rings is 1. The van der Waals surface area contributed by atoms with Crippen molar-refractivity contribution in [2.45, 2.75) is 38.4 Å². The number of halogens is 2. The zero-order chi connectivity index (χ0) is 19.7. The molecule has 1 atom stereocenters. The first-order valence-corrected chi connectivity index (χ1v) is 9.32. The summed E-state index contributed by atoms with van der Waals surface area (Å²) in [6.07, 6.45) is 2.86. The van der Waals surface area contributed by atoms with E-state index in [-0.39, 0.29) is 29.7 Å². The highest BCUT2D eigenvalue weighted by Crippen LogP contribution is 2.25. The molecule has 0 aliphatic carbocycles. The fraction of sp³-hybridized carbons (Fsp3) is 0.316. The van der Waals surface area contributed by atoms with E-state index in [1.165, 1.54) is 27.4 Å². The number of carbonyl (C=O) groups excluding carboxylic acids is 1. The molecule has 0 fully saturated rings. The molecule has 1 aliphatic heterocycles. The van der Waals surface area contributed by atoms with Gasteiger partial charge in [-0.25, -0.2) is 13.9 Å². The monoisotopic (exact) mass is 404 g/mol. The van der Waals surface area contributed by atoms with Gasteiger partial charge in [-0.2, -0.15) is 5.10 Å². The molecular formula is C19H18ClFN4O3. The zero-order valence-corrected chi connectivity index (χ0v) is 15.7. The molecule has 0 spiro atoms. The van der Waals surface area contributed by atoms with Crippen LogP contribution in [0, 0.1) is 5.82 Å². The van der Waals surface area contributed by atoms with Gasteiger partial charge in [0.15, 0.2) is 0 Å². The van der Waals surface area contributed by atoms with Crippen molar-refractivity contribution in [3.05, 3.63) is 75.1 Å². The van der Waals surface area contributed by atoms with E-state index < -0.39 is 11.7 Å². The Kier molecular flexibility index (Phi) is 5.04. The molecule has 0 saturated carbocycles. The molecule has 1 aliphatic rings. The average molecular weight is 405 g/mol. The SMILES string of the molecule is O=C(NCc1ccco1)C1CCCn2c1nn(Cc1ccc(F)cc1Cl)c2=O. The maximum atomic E-state index is 13.2. The maximum Gasteiger partial charge on any atom is 0.346 e. The van der Waals surface area contributed by atoms with Crippen LogP contribution in [-0.2, 0) is 24.4 Å². The molecular weight excluding hydrogens is 387 g/mol. The minimum absolute atomic E-state index is 0.110. The van der Waals surface area contributed by atoms with Crippen molar-refractivity contribution in [2.75, 3.05) is 0 Å². The summed E-state index contributed by atoms with van der Waals surface area (Å²) in [5.74, 6) is -0.0707. The molecule has 146 valence electrons. The fourth-order valence-electron chi connectivity index (χ4n) is 3.38. The molecule has 2 aromatic heterocycles. The summed E-state index contributed by atoms with van der Waals surface area (Å²) >= 11 is 6.06. The summed E-state index contributed by atoms with van der Waals surface area (Å²) in [5, 5.41) is 7.44. The van der Waals surface area contributed by atoms with Crippen LogP contribution in [0.1, 0.15) is 35.9 Å². The number of aromatic nitrogens is 3. The Labute approximate surface area is 164 Å². The normalized spacial score (nSPS) is 16.0. The van der Waals surface area contributed by atoms with Crippen LogP contribution < -0.4 is 11.0 Å². The quantitative estimate of drug-likeness (QED) is 0.708. The number of rotatable bonds is 5. The fourth-order valence-corrected chi connectivity index (χ4v) is 3.61. The third-order valence-electron chi connectivity index (χ3n) is 4.81. The summed E-state index contributed by atoms with van der Waals surface area (Å²) < 4.78 is 21.3. The van der Waals surface area contributed by atoms with Crippen molar-refractivity contribution in [3.63, 3.8) is 0 Å². The number of carbonyl (C=O) groups is 1. The Bertz CT molecular complexity index is 1060. The summed E-state index contributed by atoms with van der Waals surface area (Å²) in [6.45, 7) is 0.893. The highest BCUT2D eigenvalue weighted by atomic mass is 35.5. The smallest absolute Gasteiger partial charge is 0.346 e. The van der Waals surface area contributed by atoms with Crippen molar-refractivity contribution >= 4 is 17.5 Å². The Hall–Kier alpha value is -2.87. The number of benzene rings is 1. The van der Waals surface area contributed by atoms with Crippen LogP contribution in [0.15, 0.2) is 45.8 Å². The van der Waals surface area contributed by atoms with Gasteiger partial charge in [0.25, 0.3) is 0 Å². The zero-order valence-electron chi connectivity index (χ0n) is 14.9. The van der Waals surface area contributed by atoms with Gasteiger partial charge in [0.1, 0.15) is 17.4 Å². The topological polar surface area (TPSA) is 82.1 Å². The highest BCUT2D eigenvalue weighted by molar-refractivity contribution is 6.31. The lowest BCUT2D eigenvalue weighted by atomic mass is 9.98. The van der Waals surface area contributed by atoms with E-state index in [2.05, 4.69) is 10.4 Å². The first-order chi connectivity index (χ1) is 13.5. The van der Waals surface area contributed by atoms with E-state index in [1.807, 2.05) is 0 Å². The van der Waals surface area contributed by atoms with Gasteiger partial charge in [-0.1, -0.05) is 17.7 Å². The van der Waals surface area contributed by atoms with E-state index in [9.17, 15) is 14.0 Å². The van der Waals surface area contributed by atoms with Gasteiger partial charge in [0, 0.05) is 11.6 Å². The van der Waals surface area contributed by atoms with Crippen LogP contribution in [0.2, 0.25) is 5.02 Å². The highest BCUT2D eigenvalue weighted by Gasteiger charge is 2.31. The van der Waals surface area contributed by atoms with E-state index in [4.69, 9.17) is 16.0 Å². The van der Waals surface area contributed by atoms with Gasteiger partial charge in [0.2, 0.25) is 5.91 Å². The maximum absolute atomic E-state index is 13.2. The minimum atomic E-state index is -0.513. The Morgan fingerprint density at radius 3 is 3.00 bits per heavy atom. The van der Waals surface area contributed by atoms with Crippen molar-refractivity contribution in [1.82, 2.24) is 19.7 Å². The van der Waals surface area contributed by atoms with Gasteiger partial charge < -0.3 is 9.73 Å². The lowest BCUT2D eigenvalue weighted by Crippen LogP contribution is -2.35. The molecule has 3 aromatic rings. The number of hydrogen-bond donors (Lipinski definition) is 1. The van der Waals surface area contributed by atoms with Gasteiger partial charge in [-0.3, -0.25) is 9.36 Å². The molecule has 1 aromatic carbocycles. The number of nitrogens with one attached hydrogen (secondary N) is 1.